The number of aliphatic hydroxyl groups is 1. The number of benzene rings is 1. The normalized spacial score (nSPS) is 21.0. The SMILES string of the molecule is CCCCOc1ccccc1C(=O)N1CC[C@H](C(=O)O)[C@H](O)C1. The maximum atomic E-state index is 12.7. The van der Waals surface area contributed by atoms with Crippen molar-refractivity contribution in [2.75, 3.05) is 19.7 Å². The highest BCUT2D eigenvalue weighted by Crippen LogP contribution is 2.24. The van der Waals surface area contributed by atoms with Crippen molar-refractivity contribution in [3.63, 3.8) is 0 Å². The van der Waals surface area contributed by atoms with Gasteiger partial charge in [-0.3, -0.25) is 9.59 Å². The lowest BCUT2D eigenvalue weighted by molar-refractivity contribution is -0.148. The molecule has 2 atom stereocenters. The fourth-order valence-corrected chi connectivity index (χ4v) is 2.67. The number of likely N-dealkylation sites (tertiary alicyclic amines) is 1. The number of carbonyl (C=O) groups is 2. The first kappa shape index (κ1) is 17.3. The molecule has 0 aromatic heterocycles. The van der Waals surface area contributed by atoms with Crippen LogP contribution in [0.2, 0.25) is 0 Å². The third-order valence-corrected chi connectivity index (χ3v) is 4.06. The van der Waals surface area contributed by atoms with Gasteiger partial charge in [0, 0.05) is 13.1 Å². The molecule has 1 aliphatic rings. The summed E-state index contributed by atoms with van der Waals surface area (Å²) in [5.74, 6) is -1.54. The fourth-order valence-electron chi connectivity index (χ4n) is 2.67. The van der Waals surface area contributed by atoms with Crippen LogP contribution in [0.5, 0.6) is 5.75 Å². The Morgan fingerprint density at radius 3 is 2.74 bits per heavy atom. The summed E-state index contributed by atoms with van der Waals surface area (Å²) in [6, 6.07) is 7.02. The number of carboxylic acid groups (broad SMARTS) is 1. The Labute approximate surface area is 135 Å². The van der Waals surface area contributed by atoms with E-state index in [1.54, 1.807) is 18.2 Å². The third kappa shape index (κ3) is 4.22. The first-order chi connectivity index (χ1) is 11.0. The van der Waals surface area contributed by atoms with Gasteiger partial charge in [0.1, 0.15) is 5.75 Å². The Morgan fingerprint density at radius 1 is 1.35 bits per heavy atom. The van der Waals surface area contributed by atoms with E-state index in [0.717, 1.165) is 12.8 Å². The van der Waals surface area contributed by atoms with Gasteiger partial charge in [0.05, 0.1) is 24.2 Å². The zero-order valence-corrected chi connectivity index (χ0v) is 13.3. The predicted molar refractivity (Wildman–Crippen MR) is 84.5 cm³/mol. The summed E-state index contributed by atoms with van der Waals surface area (Å²) in [5.41, 5.74) is 0.449. The molecule has 0 radical (unpaired) electrons. The van der Waals surface area contributed by atoms with Gasteiger partial charge in [0.2, 0.25) is 0 Å². The number of hydrogen-bond acceptors (Lipinski definition) is 4. The lowest BCUT2D eigenvalue weighted by Crippen LogP contribution is -2.48. The Morgan fingerprint density at radius 2 is 2.09 bits per heavy atom. The minimum Gasteiger partial charge on any atom is -0.493 e. The largest absolute Gasteiger partial charge is 0.493 e. The van der Waals surface area contributed by atoms with E-state index < -0.39 is 18.0 Å². The second-order valence-corrected chi connectivity index (χ2v) is 5.75. The number of nitrogens with zero attached hydrogens (tertiary/aromatic N) is 1. The fraction of sp³-hybridized carbons (Fsp3) is 0.529. The minimum absolute atomic E-state index is 0.0269. The van der Waals surface area contributed by atoms with Crippen molar-refractivity contribution in [3.8, 4) is 5.75 Å². The summed E-state index contributed by atoms with van der Waals surface area (Å²) in [6.45, 7) is 2.95. The van der Waals surface area contributed by atoms with E-state index in [1.165, 1.54) is 4.90 Å². The number of aliphatic carboxylic acids is 1. The number of amides is 1. The van der Waals surface area contributed by atoms with Crippen LogP contribution < -0.4 is 4.74 Å². The van der Waals surface area contributed by atoms with E-state index in [-0.39, 0.29) is 18.9 Å². The van der Waals surface area contributed by atoms with Crippen molar-refractivity contribution in [1.82, 2.24) is 4.90 Å². The van der Waals surface area contributed by atoms with E-state index in [1.807, 2.05) is 6.07 Å². The highest BCUT2D eigenvalue weighted by atomic mass is 16.5. The molecule has 6 heteroatoms. The Bertz CT molecular complexity index is 560. The van der Waals surface area contributed by atoms with Gasteiger partial charge in [0.15, 0.2) is 0 Å². The first-order valence-corrected chi connectivity index (χ1v) is 7.96. The number of carboxylic acids is 1. The van der Waals surface area contributed by atoms with Crippen molar-refractivity contribution in [3.05, 3.63) is 29.8 Å². The molecule has 0 bridgehead atoms. The first-order valence-electron chi connectivity index (χ1n) is 7.96. The number of para-hydroxylation sites is 1. The average Bonchev–Trinajstić information content (AvgIpc) is 2.54. The maximum absolute atomic E-state index is 12.7. The molecule has 1 aromatic carbocycles. The van der Waals surface area contributed by atoms with Crippen molar-refractivity contribution in [2.24, 2.45) is 5.92 Å². The number of rotatable bonds is 6. The van der Waals surface area contributed by atoms with Gasteiger partial charge in [-0.25, -0.2) is 0 Å². The number of piperidine rings is 1. The number of ether oxygens (including phenoxy) is 1. The summed E-state index contributed by atoms with van der Waals surface area (Å²) in [4.78, 5) is 25.2. The van der Waals surface area contributed by atoms with Crippen LogP contribution in [0.25, 0.3) is 0 Å². The van der Waals surface area contributed by atoms with Crippen LogP contribution in [0.15, 0.2) is 24.3 Å². The molecule has 1 aliphatic heterocycles. The number of β-amino-alcohol motifs (C(OH)–C–C–N with tert-alkyl or cyclic N) is 1. The van der Waals surface area contributed by atoms with Crippen molar-refractivity contribution in [2.45, 2.75) is 32.3 Å². The van der Waals surface area contributed by atoms with Crippen LogP contribution in [-0.2, 0) is 4.79 Å². The molecule has 2 rings (SSSR count). The zero-order chi connectivity index (χ0) is 16.8. The Hall–Kier alpha value is -2.08. The second-order valence-electron chi connectivity index (χ2n) is 5.75. The Balaban J connectivity index is 2.07. The van der Waals surface area contributed by atoms with Gasteiger partial charge >= 0.3 is 5.97 Å². The van der Waals surface area contributed by atoms with Crippen molar-refractivity contribution >= 4 is 11.9 Å². The molecule has 2 N–H and O–H groups in total. The van der Waals surface area contributed by atoms with Gasteiger partial charge in [-0.1, -0.05) is 25.5 Å². The molecule has 126 valence electrons. The molecule has 1 saturated heterocycles. The van der Waals surface area contributed by atoms with Gasteiger partial charge in [0.25, 0.3) is 5.91 Å². The highest BCUT2D eigenvalue weighted by Gasteiger charge is 2.35. The van der Waals surface area contributed by atoms with Crippen LogP contribution in [0.1, 0.15) is 36.5 Å². The molecular weight excluding hydrogens is 298 g/mol. The predicted octanol–water partition coefficient (Wildman–Crippen LogP) is 1.77. The second kappa shape index (κ2) is 7.97. The van der Waals surface area contributed by atoms with Crippen LogP contribution in [0.4, 0.5) is 0 Å². The average molecular weight is 321 g/mol. The van der Waals surface area contributed by atoms with E-state index >= 15 is 0 Å². The summed E-state index contributed by atoms with van der Waals surface area (Å²) in [6.07, 6.45) is 1.12. The lowest BCUT2D eigenvalue weighted by atomic mass is 9.93. The lowest BCUT2D eigenvalue weighted by Gasteiger charge is -2.34. The summed E-state index contributed by atoms with van der Waals surface area (Å²) in [5, 5.41) is 19.0. The molecular formula is C17H23NO5. The monoisotopic (exact) mass is 321 g/mol. The number of unbranched alkanes of at least 4 members (excludes halogenated alkanes) is 1. The van der Waals surface area contributed by atoms with Gasteiger partial charge < -0.3 is 19.8 Å². The maximum Gasteiger partial charge on any atom is 0.309 e. The number of hydrogen-bond donors (Lipinski definition) is 2. The summed E-state index contributed by atoms with van der Waals surface area (Å²) in [7, 11) is 0. The van der Waals surface area contributed by atoms with Gasteiger partial charge in [-0.05, 0) is 25.0 Å². The van der Waals surface area contributed by atoms with E-state index in [9.17, 15) is 14.7 Å². The molecule has 0 spiro atoms. The molecule has 6 nitrogen and oxygen atoms in total. The molecule has 0 saturated carbocycles. The molecule has 1 heterocycles. The van der Waals surface area contributed by atoms with Crippen LogP contribution in [0.3, 0.4) is 0 Å². The molecule has 23 heavy (non-hydrogen) atoms. The third-order valence-electron chi connectivity index (χ3n) is 4.06. The van der Waals surface area contributed by atoms with Crippen LogP contribution >= 0.6 is 0 Å². The number of carbonyl (C=O) groups excluding carboxylic acids is 1. The topological polar surface area (TPSA) is 87.1 Å². The minimum atomic E-state index is -1.04. The molecule has 0 aliphatic carbocycles. The van der Waals surface area contributed by atoms with Crippen molar-refractivity contribution in [1.29, 1.82) is 0 Å². The molecule has 1 amide bonds. The smallest absolute Gasteiger partial charge is 0.309 e. The Kier molecular flexibility index (Phi) is 5.98. The summed E-state index contributed by atoms with van der Waals surface area (Å²) < 4.78 is 5.67. The molecule has 0 unspecified atom stereocenters. The quantitative estimate of drug-likeness (QED) is 0.780. The molecule has 1 fully saturated rings. The van der Waals surface area contributed by atoms with Crippen molar-refractivity contribution < 1.29 is 24.5 Å². The van der Waals surface area contributed by atoms with E-state index in [4.69, 9.17) is 9.84 Å². The van der Waals surface area contributed by atoms with E-state index in [2.05, 4.69) is 6.92 Å². The van der Waals surface area contributed by atoms with Gasteiger partial charge in [-0.2, -0.15) is 0 Å². The van der Waals surface area contributed by atoms with Crippen LogP contribution in [0, 0.1) is 5.92 Å². The van der Waals surface area contributed by atoms with Gasteiger partial charge in [-0.15, -0.1) is 0 Å². The molecule has 1 aromatic rings. The highest BCUT2D eigenvalue weighted by molar-refractivity contribution is 5.97. The number of aliphatic hydroxyl groups excluding tert-OH is 1. The zero-order valence-electron chi connectivity index (χ0n) is 13.3. The van der Waals surface area contributed by atoms with E-state index in [0.29, 0.717) is 24.5 Å². The standard InChI is InChI=1S/C17H23NO5/c1-2-3-10-23-15-7-5-4-6-13(15)16(20)18-9-8-12(17(21)22)14(19)11-18/h4-7,12,14,19H,2-3,8-11H2,1H3,(H,21,22)/t12-,14+/m0/s1. The van der Waals surface area contributed by atoms with Crippen LogP contribution in [-0.4, -0.2) is 52.8 Å². The summed E-state index contributed by atoms with van der Waals surface area (Å²) >= 11 is 0.